The molecule has 0 saturated heterocycles. The van der Waals surface area contributed by atoms with Crippen molar-refractivity contribution in [2.24, 2.45) is 0 Å². The lowest BCUT2D eigenvalue weighted by atomic mass is 10.1. The predicted octanol–water partition coefficient (Wildman–Crippen LogP) is 2.85. The second-order valence-electron chi connectivity index (χ2n) is 3.83. The zero-order chi connectivity index (χ0) is 12.1. The molecule has 0 radical (unpaired) electrons. The molecule has 1 aromatic heterocycles. The normalized spacial score (nSPS) is 10.9. The van der Waals surface area contributed by atoms with Gasteiger partial charge in [-0.15, -0.1) is 6.58 Å². The van der Waals surface area contributed by atoms with Gasteiger partial charge < -0.3 is 14.5 Å². The number of hydrogen-bond acceptors (Lipinski definition) is 3. The van der Waals surface area contributed by atoms with Crippen LogP contribution < -0.4 is 5.32 Å². The molecule has 0 aliphatic carbocycles. The Morgan fingerprint density at radius 3 is 3.00 bits per heavy atom. The molecule has 0 aliphatic heterocycles. The summed E-state index contributed by atoms with van der Waals surface area (Å²) in [7, 11) is 1.90. The van der Waals surface area contributed by atoms with E-state index < -0.39 is 0 Å². The quantitative estimate of drug-likeness (QED) is 0.613. The molecule has 0 unspecified atom stereocenters. The van der Waals surface area contributed by atoms with Crippen LogP contribution in [0.1, 0.15) is 11.3 Å². The van der Waals surface area contributed by atoms with Crippen molar-refractivity contribution in [2.75, 3.05) is 13.7 Å². The fraction of sp³-hybridized carbons (Fsp3) is 0.286. The van der Waals surface area contributed by atoms with Gasteiger partial charge in [-0.1, -0.05) is 24.3 Å². The summed E-state index contributed by atoms with van der Waals surface area (Å²) in [5.41, 5.74) is 2.03. The Morgan fingerprint density at radius 1 is 1.41 bits per heavy atom. The minimum absolute atomic E-state index is 0.554. The van der Waals surface area contributed by atoms with Crippen LogP contribution in [0.4, 0.5) is 0 Å². The molecule has 90 valence electrons. The Kier molecular flexibility index (Phi) is 3.96. The highest BCUT2D eigenvalue weighted by molar-refractivity contribution is 5.82. The fourth-order valence-corrected chi connectivity index (χ4v) is 1.86. The van der Waals surface area contributed by atoms with Gasteiger partial charge >= 0.3 is 0 Å². The van der Waals surface area contributed by atoms with E-state index in [1.165, 1.54) is 0 Å². The first-order valence-electron chi connectivity index (χ1n) is 5.69. The Labute approximate surface area is 101 Å². The number of furan rings is 1. The van der Waals surface area contributed by atoms with Gasteiger partial charge in [-0.2, -0.15) is 0 Å². The minimum atomic E-state index is 0.554. The predicted molar refractivity (Wildman–Crippen MR) is 68.8 cm³/mol. The summed E-state index contributed by atoms with van der Waals surface area (Å²) in [5, 5.41) is 4.23. The van der Waals surface area contributed by atoms with E-state index in [1.54, 1.807) is 6.08 Å². The summed E-state index contributed by atoms with van der Waals surface area (Å²) in [6.45, 7) is 5.46. The molecule has 0 fully saturated rings. The molecule has 0 aliphatic rings. The second kappa shape index (κ2) is 5.66. The Morgan fingerprint density at radius 2 is 2.24 bits per heavy atom. The Balaban J connectivity index is 2.33. The first kappa shape index (κ1) is 11.9. The average Bonchev–Trinajstić information content (AvgIpc) is 2.69. The molecule has 3 heteroatoms. The molecular formula is C14H17NO2. The van der Waals surface area contributed by atoms with Gasteiger partial charge in [-0.3, -0.25) is 0 Å². The van der Waals surface area contributed by atoms with Crippen LogP contribution in [0.5, 0.6) is 0 Å². The number of fused-ring (bicyclic) bond motifs is 1. The van der Waals surface area contributed by atoms with Crippen molar-refractivity contribution in [3.8, 4) is 0 Å². The summed E-state index contributed by atoms with van der Waals surface area (Å²) < 4.78 is 11.3. The standard InChI is InChI=1S/C14H17NO2/c1-3-8-16-10-12-11-6-4-5-7-13(11)17-14(12)9-15-2/h3-7,15H,1,8-10H2,2H3. The van der Waals surface area contributed by atoms with Gasteiger partial charge in [-0.05, 0) is 13.1 Å². The second-order valence-corrected chi connectivity index (χ2v) is 3.83. The van der Waals surface area contributed by atoms with E-state index in [0.717, 1.165) is 22.3 Å². The van der Waals surface area contributed by atoms with Crippen molar-refractivity contribution in [1.82, 2.24) is 5.32 Å². The zero-order valence-electron chi connectivity index (χ0n) is 10.0. The zero-order valence-corrected chi connectivity index (χ0v) is 10.0. The van der Waals surface area contributed by atoms with Crippen LogP contribution in [0.15, 0.2) is 41.3 Å². The summed E-state index contributed by atoms with van der Waals surface area (Å²) in [6.07, 6.45) is 1.75. The van der Waals surface area contributed by atoms with E-state index in [9.17, 15) is 0 Å². The lowest BCUT2D eigenvalue weighted by molar-refractivity contribution is 0.148. The van der Waals surface area contributed by atoms with Crippen LogP contribution in [0, 0.1) is 0 Å². The monoisotopic (exact) mass is 231 g/mol. The summed E-state index contributed by atoms with van der Waals surface area (Å²) in [5.74, 6) is 0.942. The van der Waals surface area contributed by atoms with Crippen LogP contribution in [-0.4, -0.2) is 13.7 Å². The average molecular weight is 231 g/mol. The molecule has 1 heterocycles. The highest BCUT2D eigenvalue weighted by atomic mass is 16.5. The third-order valence-corrected chi connectivity index (χ3v) is 2.60. The van der Waals surface area contributed by atoms with Crippen molar-refractivity contribution in [3.63, 3.8) is 0 Å². The van der Waals surface area contributed by atoms with E-state index in [1.807, 2.05) is 25.2 Å². The van der Waals surface area contributed by atoms with Gasteiger partial charge in [0.25, 0.3) is 0 Å². The van der Waals surface area contributed by atoms with Gasteiger partial charge in [0.1, 0.15) is 11.3 Å². The first-order valence-corrected chi connectivity index (χ1v) is 5.69. The van der Waals surface area contributed by atoms with Crippen LogP contribution >= 0.6 is 0 Å². The van der Waals surface area contributed by atoms with E-state index in [2.05, 4.69) is 18.0 Å². The molecule has 0 amide bonds. The number of hydrogen-bond donors (Lipinski definition) is 1. The molecule has 0 bridgehead atoms. The van der Waals surface area contributed by atoms with Gasteiger partial charge in [0.05, 0.1) is 19.8 Å². The van der Waals surface area contributed by atoms with Gasteiger partial charge in [0.15, 0.2) is 0 Å². The summed E-state index contributed by atoms with van der Waals surface area (Å²) >= 11 is 0. The van der Waals surface area contributed by atoms with Crippen LogP contribution in [-0.2, 0) is 17.9 Å². The number of ether oxygens (including phenoxy) is 1. The van der Waals surface area contributed by atoms with Crippen LogP contribution in [0.2, 0.25) is 0 Å². The molecule has 2 aromatic rings. The largest absolute Gasteiger partial charge is 0.459 e. The summed E-state index contributed by atoms with van der Waals surface area (Å²) in [6, 6.07) is 8.03. The van der Waals surface area contributed by atoms with E-state index in [-0.39, 0.29) is 0 Å². The first-order chi connectivity index (χ1) is 8.36. The molecule has 0 spiro atoms. The van der Waals surface area contributed by atoms with Gasteiger partial charge in [0.2, 0.25) is 0 Å². The number of nitrogens with one attached hydrogen (secondary N) is 1. The SMILES string of the molecule is C=CCOCc1c(CNC)oc2ccccc12. The van der Waals surface area contributed by atoms with Crippen molar-refractivity contribution in [3.05, 3.63) is 48.2 Å². The topological polar surface area (TPSA) is 34.4 Å². The third kappa shape index (κ3) is 2.57. The number of para-hydroxylation sites is 1. The molecule has 17 heavy (non-hydrogen) atoms. The van der Waals surface area contributed by atoms with Crippen molar-refractivity contribution in [1.29, 1.82) is 0 Å². The fourth-order valence-electron chi connectivity index (χ4n) is 1.86. The van der Waals surface area contributed by atoms with E-state index in [4.69, 9.17) is 9.15 Å². The Bertz CT molecular complexity index is 502. The van der Waals surface area contributed by atoms with Crippen molar-refractivity contribution >= 4 is 11.0 Å². The molecule has 0 atom stereocenters. The number of rotatable bonds is 6. The van der Waals surface area contributed by atoms with Crippen molar-refractivity contribution in [2.45, 2.75) is 13.2 Å². The maximum absolute atomic E-state index is 5.80. The van der Waals surface area contributed by atoms with Crippen molar-refractivity contribution < 1.29 is 9.15 Å². The molecule has 0 saturated carbocycles. The Hall–Kier alpha value is -1.58. The minimum Gasteiger partial charge on any atom is -0.459 e. The summed E-state index contributed by atoms with van der Waals surface area (Å²) in [4.78, 5) is 0. The van der Waals surface area contributed by atoms with Gasteiger partial charge in [0, 0.05) is 10.9 Å². The third-order valence-electron chi connectivity index (χ3n) is 2.60. The van der Waals surface area contributed by atoms with Gasteiger partial charge in [-0.25, -0.2) is 0 Å². The van der Waals surface area contributed by atoms with E-state index >= 15 is 0 Å². The van der Waals surface area contributed by atoms with Crippen LogP contribution in [0.3, 0.4) is 0 Å². The maximum Gasteiger partial charge on any atom is 0.134 e. The highest BCUT2D eigenvalue weighted by Crippen LogP contribution is 2.26. The maximum atomic E-state index is 5.80. The molecular weight excluding hydrogens is 214 g/mol. The highest BCUT2D eigenvalue weighted by Gasteiger charge is 2.12. The lowest BCUT2D eigenvalue weighted by Gasteiger charge is -2.02. The number of benzene rings is 1. The molecule has 1 N–H and O–H groups in total. The smallest absolute Gasteiger partial charge is 0.134 e. The molecule has 1 aromatic carbocycles. The van der Waals surface area contributed by atoms with Crippen LogP contribution in [0.25, 0.3) is 11.0 Å². The van der Waals surface area contributed by atoms with E-state index in [0.29, 0.717) is 19.8 Å². The molecule has 3 nitrogen and oxygen atoms in total. The molecule has 2 rings (SSSR count). The lowest BCUT2D eigenvalue weighted by Crippen LogP contribution is -2.06.